The van der Waals surface area contributed by atoms with Crippen molar-refractivity contribution in [1.82, 2.24) is 5.32 Å². The van der Waals surface area contributed by atoms with Crippen molar-refractivity contribution in [2.24, 2.45) is 0 Å². The molecule has 2 rings (SSSR count). The molecular formula is C15H29NO2. The van der Waals surface area contributed by atoms with Gasteiger partial charge in [0.05, 0.1) is 11.7 Å². The Balaban J connectivity index is 1.75. The molecule has 1 heterocycles. The van der Waals surface area contributed by atoms with Gasteiger partial charge in [0.1, 0.15) is 0 Å². The van der Waals surface area contributed by atoms with Crippen molar-refractivity contribution in [2.75, 3.05) is 13.2 Å². The highest BCUT2D eigenvalue weighted by Crippen LogP contribution is 2.27. The average Bonchev–Trinajstić information content (AvgIpc) is 2.62. The minimum Gasteiger partial charge on any atom is -0.389 e. The standard InChI is InChI=1S/C15H29NO2/c1-2-14-11-13(7-10-18-14)16-12-15(17)8-5-3-4-6-9-15/h13-14,16-17H,2-12H2,1H3. The molecule has 1 aliphatic heterocycles. The summed E-state index contributed by atoms with van der Waals surface area (Å²) in [7, 11) is 0. The fraction of sp³-hybridized carbons (Fsp3) is 1.00. The van der Waals surface area contributed by atoms with Crippen LogP contribution < -0.4 is 5.32 Å². The van der Waals surface area contributed by atoms with Gasteiger partial charge >= 0.3 is 0 Å². The summed E-state index contributed by atoms with van der Waals surface area (Å²) in [5.41, 5.74) is -0.448. The first kappa shape index (κ1) is 14.3. The van der Waals surface area contributed by atoms with Crippen LogP contribution in [0.2, 0.25) is 0 Å². The van der Waals surface area contributed by atoms with Gasteiger partial charge in [-0.25, -0.2) is 0 Å². The largest absolute Gasteiger partial charge is 0.389 e. The maximum Gasteiger partial charge on any atom is 0.0771 e. The Kier molecular flexibility index (Phi) is 5.46. The topological polar surface area (TPSA) is 41.5 Å². The van der Waals surface area contributed by atoms with Crippen LogP contribution in [0.5, 0.6) is 0 Å². The second-order valence-corrected chi connectivity index (χ2v) is 6.14. The summed E-state index contributed by atoms with van der Waals surface area (Å²) in [5.74, 6) is 0. The zero-order valence-electron chi connectivity index (χ0n) is 11.8. The molecular weight excluding hydrogens is 226 g/mol. The van der Waals surface area contributed by atoms with Crippen molar-refractivity contribution in [3.63, 3.8) is 0 Å². The van der Waals surface area contributed by atoms with Gasteiger partial charge in [0, 0.05) is 19.2 Å². The van der Waals surface area contributed by atoms with Crippen LogP contribution in [0.4, 0.5) is 0 Å². The average molecular weight is 255 g/mol. The number of nitrogens with one attached hydrogen (secondary N) is 1. The molecule has 1 aliphatic carbocycles. The van der Waals surface area contributed by atoms with Gasteiger partial charge in [-0.15, -0.1) is 0 Å². The van der Waals surface area contributed by atoms with Crippen molar-refractivity contribution < 1.29 is 9.84 Å². The van der Waals surface area contributed by atoms with Crippen molar-refractivity contribution >= 4 is 0 Å². The molecule has 0 amide bonds. The molecule has 0 aromatic rings. The number of hydrogen-bond acceptors (Lipinski definition) is 3. The zero-order chi connectivity index (χ0) is 12.8. The van der Waals surface area contributed by atoms with E-state index < -0.39 is 5.60 Å². The van der Waals surface area contributed by atoms with E-state index in [1.54, 1.807) is 0 Å². The fourth-order valence-corrected chi connectivity index (χ4v) is 3.25. The first-order chi connectivity index (χ1) is 8.72. The van der Waals surface area contributed by atoms with Gasteiger partial charge in [0.2, 0.25) is 0 Å². The van der Waals surface area contributed by atoms with Gasteiger partial charge in [0.15, 0.2) is 0 Å². The Morgan fingerprint density at radius 1 is 1.22 bits per heavy atom. The SMILES string of the molecule is CCC1CC(NCC2(O)CCCCCC2)CCO1. The molecule has 2 N–H and O–H groups in total. The summed E-state index contributed by atoms with van der Waals surface area (Å²) >= 11 is 0. The van der Waals surface area contributed by atoms with Gasteiger partial charge in [-0.2, -0.15) is 0 Å². The summed E-state index contributed by atoms with van der Waals surface area (Å²) in [5, 5.41) is 14.2. The molecule has 18 heavy (non-hydrogen) atoms. The zero-order valence-corrected chi connectivity index (χ0v) is 11.8. The molecule has 0 bridgehead atoms. The molecule has 2 aliphatic rings. The van der Waals surface area contributed by atoms with E-state index in [-0.39, 0.29) is 0 Å². The summed E-state index contributed by atoms with van der Waals surface area (Å²) in [4.78, 5) is 0. The van der Waals surface area contributed by atoms with Crippen LogP contribution in [-0.4, -0.2) is 36.0 Å². The second kappa shape index (κ2) is 6.88. The third-order valence-electron chi connectivity index (χ3n) is 4.58. The number of rotatable bonds is 4. The van der Waals surface area contributed by atoms with E-state index in [0.717, 1.165) is 45.3 Å². The summed E-state index contributed by atoms with van der Waals surface area (Å²) in [6.07, 6.45) is 10.6. The van der Waals surface area contributed by atoms with Crippen LogP contribution in [-0.2, 0) is 4.74 Å². The van der Waals surface area contributed by atoms with E-state index in [9.17, 15) is 5.11 Å². The fourth-order valence-electron chi connectivity index (χ4n) is 3.25. The summed E-state index contributed by atoms with van der Waals surface area (Å²) in [6.45, 7) is 3.83. The van der Waals surface area contributed by atoms with Crippen molar-refractivity contribution in [3.8, 4) is 0 Å². The summed E-state index contributed by atoms with van der Waals surface area (Å²) < 4.78 is 5.69. The molecule has 1 saturated heterocycles. The molecule has 2 unspecified atom stereocenters. The predicted octanol–water partition coefficient (Wildman–Crippen LogP) is 2.62. The minimum atomic E-state index is -0.448. The van der Waals surface area contributed by atoms with Crippen LogP contribution >= 0.6 is 0 Å². The molecule has 2 atom stereocenters. The molecule has 2 fully saturated rings. The first-order valence-electron chi connectivity index (χ1n) is 7.79. The van der Waals surface area contributed by atoms with Crippen LogP contribution in [0.3, 0.4) is 0 Å². The Morgan fingerprint density at radius 3 is 2.61 bits per heavy atom. The van der Waals surface area contributed by atoms with E-state index in [2.05, 4.69) is 12.2 Å². The van der Waals surface area contributed by atoms with E-state index >= 15 is 0 Å². The van der Waals surface area contributed by atoms with Gasteiger partial charge in [0.25, 0.3) is 0 Å². The van der Waals surface area contributed by atoms with E-state index in [0.29, 0.717) is 12.1 Å². The van der Waals surface area contributed by atoms with Crippen molar-refractivity contribution in [3.05, 3.63) is 0 Å². The maximum atomic E-state index is 10.6. The molecule has 0 aromatic heterocycles. The lowest BCUT2D eigenvalue weighted by molar-refractivity contribution is -0.0134. The van der Waals surface area contributed by atoms with Crippen LogP contribution in [0.15, 0.2) is 0 Å². The van der Waals surface area contributed by atoms with Gasteiger partial charge < -0.3 is 15.2 Å². The van der Waals surface area contributed by atoms with Crippen LogP contribution in [0.25, 0.3) is 0 Å². The van der Waals surface area contributed by atoms with E-state index in [1.165, 1.54) is 25.7 Å². The molecule has 106 valence electrons. The van der Waals surface area contributed by atoms with Gasteiger partial charge in [-0.3, -0.25) is 0 Å². The molecule has 0 spiro atoms. The van der Waals surface area contributed by atoms with Crippen molar-refractivity contribution in [2.45, 2.75) is 82.5 Å². The normalized spacial score (nSPS) is 33.0. The predicted molar refractivity (Wildman–Crippen MR) is 73.7 cm³/mol. The smallest absolute Gasteiger partial charge is 0.0771 e. The number of ether oxygens (including phenoxy) is 1. The lowest BCUT2D eigenvalue weighted by Crippen LogP contribution is -2.47. The highest BCUT2D eigenvalue weighted by molar-refractivity contribution is 4.86. The van der Waals surface area contributed by atoms with Gasteiger partial charge in [-0.1, -0.05) is 32.6 Å². The number of hydrogen-bond donors (Lipinski definition) is 2. The molecule has 0 radical (unpaired) electrons. The lowest BCUT2D eigenvalue weighted by Gasteiger charge is -2.33. The molecule has 0 aromatic carbocycles. The van der Waals surface area contributed by atoms with Crippen molar-refractivity contribution in [1.29, 1.82) is 0 Å². The van der Waals surface area contributed by atoms with Gasteiger partial charge in [-0.05, 0) is 32.1 Å². The first-order valence-corrected chi connectivity index (χ1v) is 7.79. The quantitative estimate of drug-likeness (QED) is 0.759. The van der Waals surface area contributed by atoms with Crippen LogP contribution in [0.1, 0.15) is 64.7 Å². The molecule has 3 heteroatoms. The molecule has 1 saturated carbocycles. The van der Waals surface area contributed by atoms with E-state index in [1.807, 2.05) is 0 Å². The minimum absolute atomic E-state index is 0.417. The monoisotopic (exact) mass is 255 g/mol. The number of aliphatic hydroxyl groups is 1. The Morgan fingerprint density at radius 2 is 1.94 bits per heavy atom. The highest BCUT2D eigenvalue weighted by atomic mass is 16.5. The summed E-state index contributed by atoms with van der Waals surface area (Å²) in [6, 6.07) is 0.538. The lowest BCUT2D eigenvalue weighted by atomic mass is 9.93. The second-order valence-electron chi connectivity index (χ2n) is 6.14. The third-order valence-corrected chi connectivity index (χ3v) is 4.58. The Labute approximate surface area is 111 Å². The molecule has 3 nitrogen and oxygen atoms in total. The third kappa shape index (κ3) is 4.22. The Bertz CT molecular complexity index is 237. The van der Waals surface area contributed by atoms with Crippen LogP contribution in [0, 0.1) is 0 Å². The Hall–Kier alpha value is -0.120. The maximum absolute atomic E-state index is 10.6. The van der Waals surface area contributed by atoms with E-state index in [4.69, 9.17) is 4.74 Å². The highest BCUT2D eigenvalue weighted by Gasteiger charge is 2.29.